The lowest BCUT2D eigenvalue weighted by Crippen LogP contribution is -2.43. The molecular formula is C17H19FO5. The van der Waals surface area contributed by atoms with Gasteiger partial charge in [-0.3, -0.25) is 14.4 Å². The second-order valence-corrected chi connectivity index (χ2v) is 4.97. The van der Waals surface area contributed by atoms with Crippen LogP contribution in [0, 0.1) is 5.41 Å². The molecule has 0 bridgehead atoms. The third-order valence-corrected chi connectivity index (χ3v) is 3.50. The number of hydrogen-bond acceptors (Lipinski definition) is 5. The number of rotatable bonds is 8. The lowest BCUT2D eigenvalue weighted by Gasteiger charge is -2.26. The van der Waals surface area contributed by atoms with Crippen LogP contribution in [0.15, 0.2) is 43.0 Å². The zero-order valence-electron chi connectivity index (χ0n) is 13.1. The van der Waals surface area contributed by atoms with Gasteiger partial charge in [0.15, 0.2) is 17.4 Å². The number of Topliss-reactive ketones (excluding diaryl/α,β-unsaturated/α-hetero) is 1. The van der Waals surface area contributed by atoms with Crippen LogP contribution in [0.4, 0.5) is 4.39 Å². The third-order valence-electron chi connectivity index (χ3n) is 3.50. The maximum Gasteiger partial charge on any atom is 0.324 e. The zero-order chi connectivity index (χ0) is 17.5. The van der Waals surface area contributed by atoms with Crippen LogP contribution in [-0.4, -0.2) is 31.9 Å². The first-order valence-corrected chi connectivity index (χ1v) is 6.92. The number of ketones is 1. The van der Waals surface area contributed by atoms with Gasteiger partial charge in [0.2, 0.25) is 0 Å². The van der Waals surface area contributed by atoms with Crippen LogP contribution >= 0.6 is 0 Å². The standard InChI is InChI=1S/C17H19FO5/c1-4-10-17(15(20)22-2,16(21)23-3)11-13(19)14(18)12-8-6-5-7-9-12/h4-9,14H,1,10-11H2,2-3H3. The summed E-state index contributed by atoms with van der Waals surface area (Å²) in [5.41, 5.74) is -1.78. The van der Waals surface area contributed by atoms with E-state index in [0.29, 0.717) is 0 Å². The Hall–Kier alpha value is -2.50. The highest BCUT2D eigenvalue weighted by Crippen LogP contribution is 2.34. The van der Waals surface area contributed by atoms with E-state index in [2.05, 4.69) is 16.1 Å². The Morgan fingerprint density at radius 1 is 1.17 bits per heavy atom. The molecule has 1 unspecified atom stereocenters. The number of methoxy groups -OCH3 is 2. The number of ether oxygens (including phenoxy) is 2. The van der Waals surface area contributed by atoms with Gasteiger partial charge in [-0.15, -0.1) is 6.58 Å². The summed E-state index contributed by atoms with van der Waals surface area (Å²) in [6.07, 6.45) is -1.53. The predicted molar refractivity (Wildman–Crippen MR) is 81.2 cm³/mol. The maximum atomic E-state index is 14.4. The monoisotopic (exact) mass is 322 g/mol. The topological polar surface area (TPSA) is 69.7 Å². The largest absolute Gasteiger partial charge is 0.468 e. The van der Waals surface area contributed by atoms with Gasteiger partial charge in [0, 0.05) is 6.42 Å². The van der Waals surface area contributed by atoms with Gasteiger partial charge < -0.3 is 9.47 Å². The molecule has 124 valence electrons. The first-order chi connectivity index (χ1) is 10.9. The van der Waals surface area contributed by atoms with E-state index in [-0.39, 0.29) is 12.0 Å². The SMILES string of the molecule is C=CCC(CC(=O)C(F)c1ccccc1)(C(=O)OC)C(=O)OC. The summed E-state index contributed by atoms with van der Waals surface area (Å²) in [6, 6.07) is 7.77. The summed E-state index contributed by atoms with van der Waals surface area (Å²) in [7, 11) is 2.16. The fourth-order valence-corrected chi connectivity index (χ4v) is 2.30. The van der Waals surface area contributed by atoms with E-state index in [1.807, 2.05) is 0 Å². The molecule has 0 aliphatic carbocycles. The highest BCUT2D eigenvalue weighted by Gasteiger charge is 2.50. The molecule has 6 heteroatoms. The number of alkyl halides is 1. The normalized spacial score (nSPS) is 12.1. The highest BCUT2D eigenvalue weighted by molar-refractivity contribution is 6.04. The van der Waals surface area contributed by atoms with Crippen molar-refractivity contribution in [1.29, 1.82) is 0 Å². The molecule has 0 N–H and O–H groups in total. The molecule has 0 saturated heterocycles. The van der Waals surface area contributed by atoms with Crippen molar-refractivity contribution in [2.75, 3.05) is 14.2 Å². The van der Waals surface area contributed by atoms with Gasteiger partial charge in [-0.05, 0) is 12.0 Å². The first kappa shape index (κ1) is 18.5. The summed E-state index contributed by atoms with van der Waals surface area (Å²) in [6.45, 7) is 3.47. The summed E-state index contributed by atoms with van der Waals surface area (Å²) in [5, 5.41) is 0. The number of carbonyl (C=O) groups is 3. The molecule has 0 amide bonds. The van der Waals surface area contributed by atoms with Crippen molar-refractivity contribution in [2.45, 2.75) is 19.0 Å². The Morgan fingerprint density at radius 2 is 1.70 bits per heavy atom. The average molecular weight is 322 g/mol. The van der Waals surface area contributed by atoms with Crippen molar-refractivity contribution >= 4 is 17.7 Å². The van der Waals surface area contributed by atoms with Gasteiger partial charge in [0.1, 0.15) is 0 Å². The molecule has 5 nitrogen and oxygen atoms in total. The smallest absolute Gasteiger partial charge is 0.324 e. The maximum absolute atomic E-state index is 14.4. The first-order valence-electron chi connectivity index (χ1n) is 6.92. The summed E-state index contributed by atoms with van der Waals surface area (Å²) in [5.74, 6) is -2.83. The van der Waals surface area contributed by atoms with E-state index in [4.69, 9.17) is 0 Å². The fourth-order valence-electron chi connectivity index (χ4n) is 2.30. The zero-order valence-corrected chi connectivity index (χ0v) is 13.1. The number of allylic oxidation sites excluding steroid dienone is 1. The van der Waals surface area contributed by atoms with Crippen LogP contribution in [0.5, 0.6) is 0 Å². The van der Waals surface area contributed by atoms with Crippen LogP contribution in [-0.2, 0) is 23.9 Å². The third kappa shape index (κ3) is 4.03. The van der Waals surface area contributed by atoms with Gasteiger partial charge in [0.05, 0.1) is 14.2 Å². The van der Waals surface area contributed by atoms with Crippen molar-refractivity contribution in [3.05, 3.63) is 48.6 Å². The minimum absolute atomic E-state index is 0.153. The quantitative estimate of drug-likeness (QED) is 0.418. The predicted octanol–water partition coefficient (Wildman–Crippen LogP) is 2.56. The Labute approximate surface area is 134 Å². The molecule has 1 rings (SSSR count). The Morgan fingerprint density at radius 3 is 2.13 bits per heavy atom. The van der Waals surface area contributed by atoms with E-state index in [1.165, 1.54) is 18.2 Å². The minimum atomic E-state index is -1.95. The van der Waals surface area contributed by atoms with Crippen molar-refractivity contribution in [2.24, 2.45) is 5.41 Å². The molecule has 0 aliphatic heterocycles. The number of esters is 2. The van der Waals surface area contributed by atoms with E-state index >= 15 is 0 Å². The molecule has 0 radical (unpaired) electrons. The lowest BCUT2D eigenvalue weighted by atomic mass is 9.78. The molecule has 0 saturated carbocycles. The molecule has 1 aromatic rings. The molecule has 0 aromatic heterocycles. The molecule has 23 heavy (non-hydrogen) atoms. The highest BCUT2D eigenvalue weighted by atomic mass is 19.1. The summed E-state index contributed by atoms with van der Waals surface area (Å²) < 4.78 is 23.6. The van der Waals surface area contributed by atoms with Crippen LogP contribution in [0.3, 0.4) is 0 Å². The van der Waals surface area contributed by atoms with Crippen molar-refractivity contribution in [3.63, 3.8) is 0 Å². The molecule has 0 aliphatic rings. The van der Waals surface area contributed by atoms with Crippen LogP contribution < -0.4 is 0 Å². The van der Waals surface area contributed by atoms with Crippen molar-refractivity contribution in [3.8, 4) is 0 Å². The minimum Gasteiger partial charge on any atom is -0.468 e. The molecule has 1 aromatic carbocycles. The summed E-state index contributed by atoms with van der Waals surface area (Å²) in [4.78, 5) is 36.4. The Kier molecular flexibility index (Phi) is 6.63. The summed E-state index contributed by atoms with van der Waals surface area (Å²) >= 11 is 0. The van der Waals surface area contributed by atoms with E-state index in [1.54, 1.807) is 18.2 Å². The second kappa shape index (κ2) is 8.22. The van der Waals surface area contributed by atoms with E-state index in [0.717, 1.165) is 14.2 Å². The molecule has 0 heterocycles. The lowest BCUT2D eigenvalue weighted by molar-refractivity contribution is -0.171. The van der Waals surface area contributed by atoms with Gasteiger partial charge in [-0.2, -0.15) is 0 Å². The van der Waals surface area contributed by atoms with Gasteiger partial charge >= 0.3 is 11.9 Å². The average Bonchev–Trinajstić information content (AvgIpc) is 2.59. The molecule has 0 fully saturated rings. The Balaban J connectivity index is 3.13. The van der Waals surface area contributed by atoms with Crippen LogP contribution in [0.2, 0.25) is 0 Å². The molecule has 1 atom stereocenters. The second-order valence-electron chi connectivity index (χ2n) is 4.97. The van der Waals surface area contributed by atoms with Crippen molar-refractivity contribution in [1.82, 2.24) is 0 Å². The molecule has 0 spiro atoms. The number of halogens is 1. The fraction of sp³-hybridized carbons (Fsp3) is 0.353. The number of benzene rings is 1. The van der Waals surface area contributed by atoms with Crippen molar-refractivity contribution < 1.29 is 28.2 Å². The number of hydrogen-bond donors (Lipinski definition) is 0. The van der Waals surface area contributed by atoms with E-state index in [9.17, 15) is 18.8 Å². The number of carbonyl (C=O) groups excluding carboxylic acids is 3. The van der Waals surface area contributed by atoms with Crippen LogP contribution in [0.25, 0.3) is 0 Å². The van der Waals surface area contributed by atoms with Crippen LogP contribution in [0.1, 0.15) is 24.6 Å². The Bertz CT molecular complexity index is 566. The van der Waals surface area contributed by atoms with Gasteiger partial charge in [-0.25, -0.2) is 4.39 Å². The van der Waals surface area contributed by atoms with E-state index < -0.39 is 35.7 Å². The van der Waals surface area contributed by atoms with Gasteiger partial charge in [0.25, 0.3) is 0 Å². The molecular weight excluding hydrogens is 303 g/mol. The van der Waals surface area contributed by atoms with Gasteiger partial charge in [-0.1, -0.05) is 36.4 Å².